The smallest absolute Gasteiger partial charge is 0.414 e. The number of hydrogen-bond donors (Lipinski definition) is 2. The molecule has 43 heavy (non-hydrogen) atoms. The van der Waals surface area contributed by atoms with E-state index in [0.29, 0.717) is 23.5 Å². The highest BCUT2D eigenvalue weighted by Gasteiger charge is 2.56. The number of alkyl halides is 3. The van der Waals surface area contributed by atoms with Crippen LogP contribution in [0.25, 0.3) is 0 Å². The molecule has 0 aromatic heterocycles. The Labute approximate surface area is 245 Å². The molecule has 0 spiro atoms. The van der Waals surface area contributed by atoms with Crippen LogP contribution in [0.1, 0.15) is 46.0 Å². The fourth-order valence-corrected chi connectivity index (χ4v) is 5.73. The summed E-state index contributed by atoms with van der Waals surface area (Å²) in [6.45, 7) is 2.81. The summed E-state index contributed by atoms with van der Waals surface area (Å²) in [5.74, 6) is -3.60. The molecule has 1 heterocycles. The maximum Gasteiger partial charge on any atom is 0.414 e. The van der Waals surface area contributed by atoms with Gasteiger partial charge in [-0.2, -0.15) is 17.9 Å². The molecule has 0 aliphatic carbocycles. The van der Waals surface area contributed by atoms with E-state index in [9.17, 15) is 41.1 Å². The quantitative estimate of drug-likeness (QED) is 0.215. The molecule has 0 saturated heterocycles. The van der Waals surface area contributed by atoms with Gasteiger partial charge in [0.2, 0.25) is 10.0 Å². The molecule has 1 aliphatic heterocycles. The number of sulfonamides is 1. The Balaban J connectivity index is 2.34. The molecule has 2 unspecified atom stereocenters. The minimum absolute atomic E-state index is 0.0141. The number of benzene rings is 2. The van der Waals surface area contributed by atoms with Crippen LogP contribution in [-0.2, 0) is 47.7 Å². The van der Waals surface area contributed by atoms with E-state index in [1.54, 1.807) is 0 Å². The fourth-order valence-electron chi connectivity index (χ4n) is 4.83. The van der Waals surface area contributed by atoms with Gasteiger partial charge in [-0.1, -0.05) is 43.3 Å². The largest absolute Gasteiger partial charge is 0.496 e. The number of methoxy groups -OCH3 is 2. The maximum atomic E-state index is 14.7. The molecule has 1 aliphatic rings. The minimum atomic E-state index is -5.34. The number of nitrogens with one attached hydrogen (secondary N) is 1. The number of carbonyl (C=O) groups excluding carboxylic acids is 3. The molecular weight excluding hydrogens is 599 g/mol. The second-order valence-electron chi connectivity index (χ2n) is 9.53. The van der Waals surface area contributed by atoms with E-state index in [-0.39, 0.29) is 41.2 Å². The maximum absolute atomic E-state index is 14.7. The van der Waals surface area contributed by atoms with Crippen molar-refractivity contribution in [2.24, 2.45) is 0 Å². The van der Waals surface area contributed by atoms with Crippen molar-refractivity contribution in [2.45, 2.75) is 51.1 Å². The van der Waals surface area contributed by atoms with E-state index in [4.69, 9.17) is 18.9 Å². The first-order valence-electron chi connectivity index (χ1n) is 12.7. The average Bonchev–Trinajstić information content (AvgIpc) is 3.33. The standard InChI is InChI=1S/C28H30F3NO10S/c1-6-20(33)42-23-17(22(39-3)15(2)18-14-41-25(35)21(18)23)12-13-19(28(29,30)31)24(34)27(26(36)40-4,32-43(5,37)38)16-10-8-7-9-11-16/h7-11,13,24,32,34H,6,12,14H2,1-5H3/b19-13+. The van der Waals surface area contributed by atoms with Crippen molar-refractivity contribution in [3.05, 3.63) is 69.8 Å². The summed E-state index contributed by atoms with van der Waals surface area (Å²) in [4.78, 5) is 38.0. The molecule has 11 nitrogen and oxygen atoms in total. The molecule has 2 N–H and O–H groups in total. The Bertz CT molecular complexity index is 1550. The number of cyclic esters (lactones) is 1. The second kappa shape index (κ2) is 12.7. The van der Waals surface area contributed by atoms with Gasteiger partial charge < -0.3 is 24.1 Å². The first-order chi connectivity index (χ1) is 20.0. The highest BCUT2D eigenvalue weighted by Crippen LogP contribution is 2.44. The van der Waals surface area contributed by atoms with Crippen LogP contribution in [0.5, 0.6) is 11.5 Å². The van der Waals surface area contributed by atoms with E-state index >= 15 is 0 Å². The van der Waals surface area contributed by atoms with E-state index in [1.165, 1.54) is 39.2 Å². The molecular formula is C28H30F3NO10S. The fraction of sp³-hybridized carbons (Fsp3) is 0.393. The van der Waals surface area contributed by atoms with Crippen LogP contribution >= 0.6 is 0 Å². The number of aliphatic hydroxyl groups excluding tert-OH is 1. The predicted octanol–water partition coefficient (Wildman–Crippen LogP) is 3.00. The van der Waals surface area contributed by atoms with Crippen LogP contribution < -0.4 is 14.2 Å². The lowest BCUT2D eigenvalue weighted by molar-refractivity contribution is -0.156. The van der Waals surface area contributed by atoms with E-state index in [2.05, 4.69) is 0 Å². The van der Waals surface area contributed by atoms with Gasteiger partial charge in [-0.05, 0) is 24.5 Å². The van der Waals surface area contributed by atoms with Crippen LogP contribution in [0.3, 0.4) is 0 Å². The third kappa shape index (κ3) is 6.68. The SMILES string of the molecule is CCC(=O)Oc1c(C/C=C(\C(O)C(NS(C)(=O)=O)(C(=O)OC)c2ccccc2)C(F)(F)F)c(OC)c(C)c2c1C(=O)OC2. The normalized spacial score (nSPS) is 15.7. The molecule has 0 amide bonds. The van der Waals surface area contributed by atoms with Crippen molar-refractivity contribution in [1.82, 2.24) is 4.72 Å². The molecule has 2 aromatic carbocycles. The monoisotopic (exact) mass is 629 g/mol. The summed E-state index contributed by atoms with van der Waals surface area (Å²) < 4.78 is 91.3. The van der Waals surface area contributed by atoms with Gasteiger partial charge in [-0.15, -0.1) is 0 Å². The summed E-state index contributed by atoms with van der Waals surface area (Å²) in [6, 6.07) is 6.41. The summed E-state index contributed by atoms with van der Waals surface area (Å²) in [5, 5.41) is 11.4. The van der Waals surface area contributed by atoms with Gasteiger partial charge in [0.1, 0.15) is 24.0 Å². The van der Waals surface area contributed by atoms with E-state index in [0.717, 1.165) is 19.2 Å². The van der Waals surface area contributed by atoms with Gasteiger partial charge in [0.05, 0.1) is 26.0 Å². The van der Waals surface area contributed by atoms with Gasteiger partial charge in [0, 0.05) is 17.5 Å². The summed E-state index contributed by atoms with van der Waals surface area (Å²) in [7, 11) is -2.42. The van der Waals surface area contributed by atoms with E-state index in [1.807, 2.05) is 4.72 Å². The number of aliphatic hydroxyl groups is 1. The van der Waals surface area contributed by atoms with Crippen LogP contribution in [0.4, 0.5) is 13.2 Å². The minimum Gasteiger partial charge on any atom is -0.496 e. The molecule has 0 fully saturated rings. The second-order valence-corrected chi connectivity index (χ2v) is 11.3. The highest BCUT2D eigenvalue weighted by molar-refractivity contribution is 7.88. The van der Waals surface area contributed by atoms with Gasteiger partial charge in [0.25, 0.3) is 0 Å². The highest BCUT2D eigenvalue weighted by atomic mass is 32.2. The van der Waals surface area contributed by atoms with Crippen molar-refractivity contribution >= 4 is 27.9 Å². The Morgan fingerprint density at radius 3 is 2.30 bits per heavy atom. The third-order valence-corrected chi connectivity index (χ3v) is 7.46. The van der Waals surface area contributed by atoms with Crippen LogP contribution in [-0.4, -0.2) is 64.2 Å². The lowest BCUT2D eigenvalue weighted by Gasteiger charge is -2.37. The van der Waals surface area contributed by atoms with Gasteiger partial charge in [-0.25, -0.2) is 18.0 Å². The molecule has 0 saturated carbocycles. The number of ether oxygens (including phenoxy) is 4. The first-order valence-corrected chi connectivity index (χ1v) is 14.6. The van der Waals surface area contributed by atoms with Crippen LogP contribution in [0.15, 0.2) is 42.0 Å². The summed E-state index contributed by atoms with van der Waals surface area (Å²) in [6.07, 6.45) is -8.05. The Morgan fingerprint density at radius 2 is 1.79 bits per heavy atom. The number of rotatable bonds is 11. The number of carbonyl (C=O) groups is 3. The zero-order chi connectivity index (χ0) is 32.3. The predicted molar refractivity (Wildman–Crippen MR) is 145 cm³/mol. The molecule has 2 atom stereocenters. The van der Waals surface area contributed by atoms with E-state index < -0.39 is 57.7 Å². The molecule has 15 heteroatoms. The van der Waals surface area contributed by atoms with Gasteiger partial charge in [-0.3, -0.25) is 4.79 Å². The molecule has 234 valence electrons. The molecule has 0 radical (unpaired) electrons. The van der Waals surface area contributed by atoms with Crippen LogP contribution in [0, 0.1) is 6.92 Å². The summed E-state index contributed by atoms with van der Waals surface area (Å²) >= 11 is 0. The average molecular weight is 630 g/mol. The molecule has 0 bridgehead atoms. The number of halogens is 3. The molecule has 2 aromatic rings. The zero-order valence-corrected chi connectivity index (χ0v) is 24.6. The number of allylic oxidation sites excluding steroid dienone is 1. The number of esters is 3. The zero-order valence-electron chi connectivity index (χ0n) is 23.8. The van der Waals surface area contributed by atoms with Crippen molar-refractivity contribution in [3.8, 4) is 11.5 Å². The molecule has 3 rings (SSSR count). The van der Waals surface area contributed by atoms with Crippen molar-refractivity contribution in [1.29, 1.82) is 0 Å². The van der Waals surface area contributed by atoms with Crippen molar-refractivity contribution in [2.75, 3.05) is 20.5 Å². The summed E-state index contributed by atoms with van der Waals surface area (Å²) in [5.41, 5.74) is -4.74. The van der Waals surface area contributed by atoms with Crippen molar-refractivity contribution in [3.63, 3.8) is 0 Å². The van der Waals surface area contributed by atoms with Gasteiger partial charge in [0.15, 0.2) is 11.3 Å². The number of fused-ring (bicyclic) bond motifs is 1. The van der Waals surface area contributed by atoms with Gasteiger partial charge >= 0.3 is 24.1 Å². The first kappa shape index (κ1) is 33.6. The Morgan fingerprint density at radius 1 is 1.16 bits per heavy atom. The third-order valence-electron chi connectivity index (χ3n) is 6.77. The van der Waals surface area contributed by atoms with Crippen molar-refractivity contribution < 1.29 is 60.0 Å². The van der Waals surface area contributed by atoms with Crippen LogP contribution in [0.2, 0.25) is 0 Å². The Hall–Kier alpha value is -3.95. The lowest BCUT2D eigenvalue weighted by Crippen LogP contribution is -2.61. The Kier molecular flexibility index (Phi) is 9.93. The number of hydrogen-bond acceptors (Lipinski definition) is 10. The topological polar surface area (TPSA) is 155 Å². The lowest BCUT2D eigenvalue weighted by atomic mass is 9.81.